The van der Waals surface area contributed by atoms with E-state index in [4.69, 9.17) is 4.74 Å². The molecule has 3 heterocycles. The van der Waals surface area contributed by atoms with Crippen LogP contribution in [0.15, 0.2) is 10.9 Å². The van der Waals surface area contributed by atoms with Crippen molar-refractivity contribution in [2.24, 2.45) is 0 Å². The average molecular weight is 376 g/mol. The number of nitrogens with zero attached hydrogens (tertiary/aromatic N) is 1. The van der Waals surface area contributed by atoms with Gasteiger partial charge in [-0.05, 0) is 39.3 Å². The van der Waals surface area contributed by atoms with Crippen LogP contribution in [0.4, 0.5) is 0 Å². The Morgan fingerprint density at radius 1 is 1.24 bits per heavy atom. The molecule has 0 amide bonds. The minimum Gasteiger partial charge on any atom is -0.454 e. The Bertz CT molecular complexity index is 1060. The van der Waals surface area contributed by atoms with Gasteiger partial charge in [-0.1, -0.05) is 0 Å². The maximum absolute atomic E-state index is 12.3. The molecule has 1 N–H and O–H groups in total. The maximum Gasteiger partial charge on any atom is 0.339 e. The molecule has 130 valence electrons. The minimum absolute atomic E-state index is 0.101. The zero-order valence-electron chi connectivity index (χ0n) is 14.2. The number of rotatable bonds is 4. The Morgan fingerprint density at radius 3 is 2.56 bits per heavy atom. The Kier molecular flexibility index (Phi) is 4.57. The molecule has 0 fully saturated rings. The zero-order valence-corrected chi connectivity index (χ0v) is 15.8. The van der Waals surface area contributed by atoms with E-state index < -0.39 is 5.97 Å². The van der Waals surface area contributed by atoms with E-state index in [9.17, 15) is 14.4 Å². The van der Waals surface area contributed by atoms with Crippen LogP contribution in [0.3, 0.4) is 0 Å². The molecule has 0 bridgehead atoms. The summed E-state index contributed by atoms with van der Waals surface area (Å²) in [4.78, 5) is 46.0. The molecule has 6 nitrogen and oxygen atoms in total. The molecule has 0 aliphatic heterocycles. The number of hydrogen-bond acceptors (Lipinski definition) is 7. The van der Waals surface area contributed by atoms with Crippen molar-refractivity contribution in [2.75, 3.05) is 0 Å². The number of ketones is 1. The second-order valence-corrected chi connectivity index (χ2v) is 8.17. The number of hydrogen-bond donors (Lipinski definition) is 1. The van der Waals surface area contributed by atoms with Gasteiger partial charge >= 0.3 is 5.97 Å². The first kappa shape index (κ1) is 17.5. The lowest BCUT2D eigenvalue weighted by molar-refractivity contribution is 0.0462. The molecule has 0 aliphatic rings. The Balaban J connectivity index is 1.87. The van der Waals surface area contributed by atoms with Gasteiger partial charge in [-0.15, -0.1) is 22.7 Å². The molecule has 0 atom stereocenters. The second-order valence-electron chi connectivity index (χ2n) is 5.71. The standard InChI is InChI=1S/C17H16N2O4S2/c1-7-5-11(10(4)24-7)17(22)23-6-12-18-15(21)13-8(2)14(9(3)20)25-16(13)19-12/h5H,6H2,1-4H3,(H,18,19,21). The van der Waals surface area contributed by atoms with Crippen LogP contribution in [0.25, 0.3) is 10.2 Å². The summed E-state index contributed by atoms with van der Waals surface area (Å²) in [5, 5.41) is 0.412. The SMILES string of the molecule is CC(=O)c1sc2nc(COC(=O)c3cc(C)sc3C)[nH]c(=O)c2c1C. The third kappa shape index (κ3) is 3.27. The fourth-order valence-corrected chi connectivity index (χ4v) is 4.65. The van der Waals surface area contributed by atoms with Gasteiger partial charge in [-0.3, -0.25) is 9.59 Å². The van der Waals surface area contributed by atoms with Gasteiger partial charge in [0.15, 0.2) is 5.78 Å². The summed E-state index contributed by atoms with van der Waals surface area (Å²) in [7, 11) is 0. The third-order valence-corrected chi connectivity index (χ3v) is 6.02. The third-order valence-electron chi connectivity index (χ3n) is 3.77. The fraction of sp³-hybridized carbons (Fsp3) is 0.294. The molecule has 25 heavy (non-hydrogen) atoms. The summed E-state index contributed by atoms with van der Waals surface area (Å²) in [6.45, 7) is 6.84. The van der Waals surface area contributed by atoms with Crippen LogP contribution < -0.4 is 5.56 Å². The molecular weight excluding hydrogens is 360 g/mol. The topological polar surface area (TPSA) is 89.1 Å². The van der Waals surface area contributed by atoms with Gasteiger partial charge < -0.3 is 9.72 Å². The summed E-state index contributed by atoms with van der Waals surface area (Å²) < 4.78 is 5.27. The molecule has 0 radical (unpaired) electrons. The van der Waals surface area contributed by atoms with E-state index in [1.807, 2.05) is 13.8 Å². The first-order valence-corrected chi connectivity index (χ1v) is 9.18. The van der Waals surface area contributed by atoms with Crippen molar-refractivity contribution in [3.8, 4) is 0 Å². The number of fused-ring (bicyclic) bond motifs is 1. The predicted molar refractivity (Wildman–Crippen MR) is 97.9 cm³/mol. The van der Waals surface area contributed by atoms with Crippen LogP contribution in [-0.4, -0.2) is 21.7 Å². The molecule has 3 aromatic rings. The van der Waals surface area contributed by atoms with Gasteiger partial charge in [-0.25, -0.2) is 9.78 Å². The van der Waals surface area contributed by atoms with Gasteiger partial charge in [0, 0.05) is 9.75 Å². The minimum atomic E-state index is -0.448. The first-order chi connectivity index (χ1) is 11.8. The van der Waals surface area contributed by atoms with Gasteiger partial charge in [0.05, 0.1) is 15.8 Å². The monoisotopic (exact) mass is 376 g/mol. The van der Waals surface area contributed by atoms with Crippen molar-refractivity contribution in [2.45, 2.75) is 34.3 Å². The highest BCUT2D eigenvalue weighted by molar-refractivity contribution is 7.20. The predicted octanol–water partition coefficient (Wildman–Crippen LogP) is 3.53. The number of aromatic nitrogens is 2. The van der Waals surface area contributed by atoms with Crippen molar-refractivity contribution in [1.82, 2.24) is 9.97 Å². The number of carbonyl (C=O) groups is 2. The van der Waals surface area contributed by atoms with Crippen LogP contribution >= 0.6 is 22.7 Å². The van der Waals surface area contributed by atoms with Gasteiger partial charge in [0.1, 0.15) is 17.3 Å². The number of esters is 1. The number of H-pyrrole nitrogens is 1. The Hall–Kier alpha value is -2.32. The summed E-state index contributed by atoms with van der Waals surface area (Å²) in [6, 6.07) is 1.78. The van der Waals surface area contributed by atoms with E-state index in [-0.39, 0.29) is 23.8 Å². The highest BCUT2D eigenvalue weighted by Gasteiger charge is 2.18. The van der Waals surface area contributed by atoms with Crippen LogP contribution in [-0.2, 0) is 11.3 Å². The number of aromatic amines is 1. The van der Waals surface area contributed by atoms with E-state index in [1.54, 1.807) is 13.0 Å². The fourth-order valence-electron chi connectivity index (χ4n) is 2.64. The Morgan fingerprint density at radius 2 is 1.96 bits per heavy atom. The van der Waals surface area contributed by atoms with Crippen molar-refractivity contribution in [1.29, 1.82) is 0 Å². The molecule has 8 heteroatoms. The van der Waals surface area contributed by atoms with E-state index in [0.717, 1.165) is 9.75 Å². The van der Waals surface area contributed by atoms with Crippen LogP contribution in [0.2, 0.25) is 0 Å². The van der Waals surface area contributed by atoms with E-state index in [1.165, 1.54) is 29.6 Å². The number of aryl methyl sites for hydroxylation is 3. The average Bonchev–Trinajstić information content (AvgIpc) is 3.04. The summed E-state index contributed by atoms with van der Waals surface area (Å²) in [5.41, 5.74) is 0.825. The number of nitrogens with one attached hydrogen (secondary N) is 1. The lowest BCUT2D eigenvalue weighted by atomic mass is 10.2. The quantitative estimate of drug-likeness (QED) is 0.556. The Labute approximate surface area is 151 Å². The molecule has 0 aliphatic carbocycles. The van der Waals surface area contributed by atoms with Crippen LogP contribution in [0, 0.1) is 20.8 Å². The van der Waals surface area contributed by atoms with Crippen molar-refractivity contribution >= 4 is 44.6 Å². The van der Waals surface area contributed by atoms with Crippen molar-refractivity contribution in [3.63, 3.8) is 0 Å². The molecule has 3 rings (SSSR count). The largest absolute Gasteiger partial charge is 0.454 e. The lowest BCUT2D eigenvalue weighted by Gasteiger charge is -2.04. The normalized spacial score (nSPS) is 11.0. The first-order valence-electron chi connectivity index (χ1n) is 7.55. The van der Waals surface area contributed by atoms with Crippen molar-refractivity contribution < 1.29 is 14.3 Å². The highest BCUT2D eigenvalue weighted by Crippen LogP contribution is 2.27. The molecule has 0 spiro atoms. The number of carbonyl (C=O) groups excluding carboxylic acids is 2. The van der Waals surface area contributed by atoms with E-state index >= 15 is 0 Å². The molecule has 0 saturated carbocycles. The second kappa shape index (κ2) is 6.53. The number of ether oxygens (including phenoxy) is 1. The molecular formula is C17H16N2O4S2. The number of thiophene rings is 2. The smallest absolute Gasteiger partial charge is 0.339 e. The summed E-state index contributed by atoms with van der Waals surface area (Å²) >= 11 is 2.70. The molecule has 3 aromatic heterocycles. The maximum atomic E-state index is 12.3. The lowest BCUT2D eigenvalue weighted by Crippen LogP contribution is -2.14. The number of Topliss-reactive ketones (excluding diaryl/α,β-unsaturated/α-hetero) is 1. The van der Waals surface area contributed by atoms with Crippen LogP contribution in [0.5, 0.6) is 0 Å². The van der Waals surface area contributed by atoms with E-state index in [2.05, 4.69) is 9.97 Å². The van der Waals surface area contributed by atoms with Crippen molar-refractivity contribution in [3.05, 3.63) is 48.0 Å². The summed E-state index contributed by atoms with van der Waals surface area (Å²) in [6.07, 6.45) is 0. The van der Waals surface area contributed by atoms with Gasteiger partial charge in [-0.2, -0.15) is 0 Å². The van der Waals surface area contributed by atoms with Crippen LogP contribution in [0.1, 0.15) is 48.1 Å². The molecule has 0 unspecified atom stereocenters. The zero-order chi connectivity index (χ0) is 18.3. The summed E-state index contributed by atoms with van der Waals surface area (Å²) in [5.74, 6) is -0.292. The van der Waals surface area contributed by atoms with Gasteiger partial charge in [0.2, 0.25) is 0 Å². The van der Waals surface area contributed by atoms with E-state index in [0.29, 0.717) is 26.2 Å². The molecule has 0 saturated heterocycles. The highest BCUT2D eigenvalue weighted by atomic mass is 32.1. The van der Waals surface area contributed by atoms with Gasteiger partial charge in [0.25, 0.3) is 5.56 Å². The molecule has 0 aromatic carbocycles.